The quantitative estimate of drug-likeness (QED) is 0.845. The van der Waals surface area contributed by atoms with Gasteiger partial charge < -0.3 is 15.2 Å². The molecule has 1 amide bonds. The lowest BCUT2D eigenvalue weighted by atomic mass is 9.62. The van der Waals surface area contributed by atoms with Crippen LogP contribution >= 0.6 is 0 Å². The van der Waals surface area contributed by atoms with E-state index >= 15 is 0 Å². The number of hydrogen-bond acceptors (Lipinski definition) is 4. The summed E-state index contributed by atoms with van der Waals surface area (Å²) >= 11 is 0. The zero-order chi connectivity index (χ0) is 19.7. The van der Waals surface area contributed by atoms with Crippen LogP contribution in [0.4, 0.5) is 0 Å². The number of amides is 1. The van der Waals surface area contributed by atoms with Crippen LogP contribution in [-0.2, 0) is 15.1 Å². The molecule has 1 aromatic rings. The Morgan fingerprint density at radius 2 is 2.07 bits per heavy atom. The lowest BCUT2D eigenvalue weighted by molar-refractivity contribution is -0.171. The third-order valence-electron chi connectivity index (χ3n) is 7.02. The van der Waals surface area contributed by atoms with Crippen molar-refractivity contribution in [3.63, 3.8) is 0 Å². The summed E-state index contributed by atoms with van der Waals surface area (Å²) in [5.41, 5.74) is 6.87. The SMILES string of the molecule is COC1(c2cccc(C(N)=O)c2)C2CCCC1CN(C(C)/C=C1/CCCO1)C2. The monoisotopic (exact) mass is 384 g/mol. The minimum absolute atomic E-state index is 0.336. The Morgan fingerprint density at radius 3 is 2.68 bits per heavy atom. The maximum Gasteiger partial charge on any atom is 0.248 e. The molecule has 152 valence electrons. The largest absolute Gasteiger partial charge is 0.498 e. The standard InChI is InChI=1S/C23H32N2O3/c1-16(12-21-10-5-11-28-21)25-14-19-8-4-9-20(15-25)23(19,27-2)18-7-3-6-17(13-18)22(24)26/h3,6-7,12-13,16,19-20H,4-5,8-11,14-15H2,1-2H3,(H2,24,26)/b21-12-. The van der Waals surface area contributed by atoms with E-state index in [0.29, 0.717) is 23.4 Å². The number of ether oxygens (including phenoxy) is 2. The van der Waals surface area contributed by atoms with Crippen LogP contribution in [0.15, 0.2) is 36.1 Å². The first-order valence-electron chi connectivity index (χ1n) is 10.6. The second kappa shape index (κ2) is 7.88. The van der Waals surface area contributed by atoms with E-state index in [0.717, 1.165) is 56.7 Å². The van der Waals surface area contributed by atoms with E-state index in [1.165, 1.54) is 6.42 Å². The van der Waals surface area contributed by atoms with E-state index in [1.807, 2.05) is 19.2 Å². The van der Waals surface area contributed by atoms with Crippen molar-refractivity contribution in [1.82, 2.24) is 4.90 Å². The fraction of sp³-hybridized carbons (Fsp3) is 0.609. The van der Waals surface area contributed by atoms with Crippen LogP contribution in [0, 0.1) is 11.8 Å². The molecule has 2 aliphatic heterocycles. The highest BCUT2D eigenvalue weighted by molar-refractivity contribution is 5.92. The maximum absolute atomic E-state index is 11.7. The van der Waals surface area contributed by atoms with Gasteiger partial charge in [0.1, 0.15) is 5.60 Å². The van der Waals surface area contributed by atoms with Gasteiger partial charge in [-0.25, -0.2) is 0 Å². The van der Waals surface area contributed by atoms with Crippen molar-refractivity contribution in [3.05, 3.63) is 47.2 Å². The van der Waals surface area contributed by atoms with Crippen LogP contribution in [0.2, 0.25) is 0 Å². The average molecular weight is 385 g/mol. The Labute approximate surface area is 167 Å². The molecule has 1 saturated carbocycles. The molecular weight excluding hydrogens is 352 g/mol. The van der Waals surface area contributed by atoms with E-state index in [9.17, 15) is 4.79 Å². The molecule has 3 unspecified atom stereocenters. The number of fused-ring (bicyclic) bond motifs is 2. The second-order valence-corrected chi connectivity index (χ2v) is 8.55. The van der Waals surface area contributed by atoms with Crippen LogP contribution in [0.5, 0.6) is 0 Å². The van der Waals surface area contributed by atoms with E-state index < -0.39 is 0 Å². The summed E-state index contributed by atoms with van der Waals surface area (Å²) in [6.07, 6.45) is 8.02. The van der Waals surface area contributed by atoms with Crippen molar-refractivity contribution < 1.29 is 14.3 Å². The highest BCUT2D eigenvalue weighted by atomic mass is 16.5. The van der Waals surface area contributed by atoms with E-state index in [2.05, 4.69) is 24.0 Å². The number of allylic oxidation sites excluding steroid dienone is 1. The molecule has 1 aliphatic carbocycles. The number of hydrogen-bond donors (Lipinski definition) is 1. The molecule has 3 aliphatic rings. The third kappa shape index (κ3) is 3.35. The number of primary amides is 1. The predicted molar refractivity (Wildman–Crippen MR) is 109 cm³/mol. The Bertz CT molecular complexity index is 738. The van der Waals surface area contributed by atoms with Gasteiger partial charge in [-0.15, -0.1) is 0 Å². The number of carbonyl (C=O) groups is 1. The molecule has 2 heterocycles. The van der Waals surface area contributed by atoms with Gasteiger partial charge in [0, 0.05) is 50.1 Å². The van der Waals surface area contributed by atoms with Crippen LogP contribution in [-0.4, -0.2) is 43.7 Å². The summed E-state index contributed by atoms with van der Waals surface area (Å²) in [5.74, 6) is 1.57. The van der Waals surface area contributed by atoms with Gasteiger partial charge in [-0.1, -0.05) is 18.6 Å². The summed E-state index contributed by atoms with van der Waals surface area (Å²) in [6.45, 7) is 5.12. The van der Waals surface area contributed by atoms with Crippen LogP contribution in [0.25, 0.3) is 0 Å². The van der Waals surface area contributed by atoms with Crippen molar-refractivity contribution in [2.45, 2.75) is 50.7 Å². The summed E-state index contributed by atoms with van der Waals surface area (Å²) < 4.78 is 12.1. The van der Waals surface area contributed by atoms with Crippen molar-refractivity contribution >= 4 is 5.91 Å². The van der Waals surface area contributed by atoms with Gasteiger partial charge >= 0.3 is 0 Å². The first kappa shape index (κ1) is 19.5. The average Bonchev–Trinajstić information content (AvgIpc) is 3.19. The highest BCUT2D eigenvalue weighted by Crippen LogP contribution is 2.52. The fourth-order valence-corrected chi connectivity index (χ4v) is 5.67. The van der Waals surface area contributed by atoms with Gasteiger partial charge in [0.15, 0.2) is 0 Å². The molecular formula is C23H32N2O3. The van der Waals surface area contributed by atoms with E-state index in [1.54, 1.807) is 6.07 Å². The van der Waals surface area contributed by atoms with Gasteiger partial charge in [0.25, 0.3) is 0 Å². The molecule has 0 aromatic heterocycles. The van der Waals surface area contributed by atoms with Crippen LogP contribution in [0.3, 0.4) is 0 Å². The van der Waals surface area contributed by atoms with Crippen LogP contribution in [0.1, 0.15) is 54.9 Å². The normalized spacial score (nSPS) is 32.9. The molecule has 0 radical (unpaired) electrons. The minimum atomic E-state index is -0.382. The number of methoxy groups -OCH3 is 1. The number of likely N-dealkylation sites (tertiary alicyclic amines) is 1. The first-order valence-corrected chi connectivity index (χ1v) is 10.6. The molecule has 2 N–H and O–H groups in total. The van der Waals surface area contributed by atoms with Crippen LogP contribution < -0.4 is 5.73 Å². The zero-order valence-electron chi connectivity index (χ0n) is 17.0. The summed E-state index contributed by atoms with van der Waals surface area (Å²) in [7, 11) is 1.83. The summed E-state index contributed by atoms with van der Waals surface area (Å²) in [5, 5.41) is 0. The summed E-state index contributed by atoms with van der Waals surface area (Å²) in [4.78, 5) is 14.3. The van der Waals surface area contributed by atoms with Crippen molar-refractivity contribution in [2.24, 2.45) is 17.6 Å². The predicted octanol–water partition coefficient (Wildman–Crippen LogP) is 3.44. The van der Waals surface area contributed by atoms with Gasteiger partial charge in [-0.2, -0.15) is 0 Å². The molecule has 4 rings (SSSR count). The number of benzene rings is 1. The van der Waals surface area contributed by atoms with E-state index in [4.69, 9.17) is 15.2 Å². The lowest BCUT2D eigenvalue weighted by Crippen LogP contribution is -2.60. The Kier molecular flexibility index (Phi) is 5.48. The van der Waals surface area contributed by atoms with Gasteiger partial charge in [0.05, 0.1) is 12.4 Å². The number of carbonyl (C=O) groups excluding carboxylic acids is 1. The topological polar surface area (TPSA) is 64.8 Å². The third-order valence-corrected chi connectivity index (χ3v) is 7.02. The molecule has 3 atom stereocenters. The molecule has 2 saturated heterocycles. The van der Waals surface area contributed by atoms with Crippen molar-refractivity contribution in [3.8, 4) is 0 Å². The minimum Gasteiger partial charge on any atom is -0.498 e. The Hall–Kier alpha value is -1.85. The Morgan fingerprint density at radius 1 is 1.32 bits per heavy atom. The van der Waals surface area contributed by atoms with Crippen molar-refractivity contribution in [2.75, 3.05) is 26.8 Å². The zero-order valence-corrected chi connectivity index (χ0v) is 17.0. The molecule has 1 aromatic carbocycles. The molecule has 3 fully saturated rings. The van der Waals surface area contributed by atoms with E-state index in [-0.39, 0.29) is 11.5 Å². The van der Waals surface area contributed by atoms with Gasteiger partial charge in [0.2, 0.25) is 5.91 Å². The lowest BCUT2D eigenvalue weighted by Gasteiger charge is -2.56. The second-order valence-electron chi connectivity index (χ2n) is 8.55. The number of rotatable bonds is 5. The molecule has 0 spiro atoms. The number of nitrogens with zero attached hydrogens (tertiary/aromatic N) is 1. The first-order chi connectivity index (χ1) is 13.5. The Balaban J connectivity index is 1.63. The number of nitrogens with two attached hydrogens (primary N) is 1. The molecule has 5 nitrogen and oxygen atoms in total. The van der Waals surface area contributed by atoms with Crippen molar-refractivity contribution in [1.29, 1.82) is 0 Å². The smallest absolute Gasteiger partial charge is 0.248 e. The molecule has 5 heteroatoms. The maximum atomic E-state index is 11.7. The van der Waals surface area contributed by atoms with Gasteiger partial charge in [-0.05, 0) is 50.0 Å². The van der Waals surface area contributed by atoms with Gasteiger partial charge in [-0.3, -0.25) is 9.69 Å². The number of piperidine rings is 1. The fourth-order valence-electron chi connectivity index (χ4n) is 5.67. The molecule has 2 bridgehead atoms. The molecule has 28 heavy (non-hydrogen) atoms. The highest BCUT2D eigenvalue weighted by Gasteiger charge is 2.53. The summed E-state index contributed by atoms with van der Waals surface area (Å²) in [6, 6.07) is 8.14.